The molecule has 0 amide bonds. The maximum absolute atomic E-state index is 5.45. The second kappa shape index (κ2) is 10.7. The van der Waals surface area contributed by atoms with Crippen LogP contribution in [0.3, 0.4) is 0 Å². The molecule has 3 rings (SSSR count). The van der Waals surface area contributed by atoms with Crippen LogP contribution < -0.4 is 10.1 Å². The molecule has 2 aliphatic rings. The first-order valence-corrected chi connectivity index (χ1v) is 10.7. The molecule has 2 saturated heterocycles. The monoisotopic (exact) mass is 388 g/mol. The first kappa shape index (κ1) is 20.9. The molecule has 1 N–H and O–H groups in total. The molecule has 2 unspecified atom stereocenters. The van der Waals surface area contributed by atoms with E-state index in [0.29, 0.717) is 11.8 Å². The van der Waals surface area contributed by atoms with Crippen molar-refractivity contribution in [3.8, 4) is 5.75 Å². The normalized spacial score (nSPS) is 22.3. The van der Waals surface area contributed by atoms with Gasteiger partial charge in [-0.15, -0.1) is 0 Å². The zero-order chi connectivity index (χ0) is 19.8. The Morgan fingerprint density at radius 3 is 2.68 bits per heavy atom. The molecular formula is C22H36N4O2. The number of hydrogen-bond donors (Lipinski definition) is 1. The number of guanidine groups is 1. The summed E-state index contributed by atoms with van der Waals surface area (Å²) in [6.07, 6.45) is 1.17. The van der Waals surface area contributed by atoms with Crippen molar-refractivity contribution in [3.05, 3.63) is 29.8 Å². The SMILES string of the molecule is CCNC(=NCC(C)CN1CCOCC1)N1CCC(c2ccc(OC)cc2)C1. The Labute approximate surface area is 169 Å². The van der Waals surface area contributed by atoms with Crippen molar-refractivity contribution < 1.29 is 9.47 Å². The van der Waals surface area contributed by atoms with E-state index < -0.39 is 0 Å². The lowest BCUT2D eigenvalue weighted by Crippen LogP contribution is -2.41. The number of aliphatic imine (C=N–C) groups is 1. The lowest BCUT2D eigenvalue weighted by atomic mass is 9.98. The van der Waals surface area contributed by atoms with Crippen LogP contribution in [0.1, 0.15) is 31.7 Å². The molecule has 0 bridgehead atoms. The second-order valence-corrected chi connectivity index (χ2v) is 7.92. The molecule has 1 aromatic rings. The Kier molecular flexibility index (Phi) is 7.98. The van der Waals surface area contributed by atoms with Gasteiger partial charge in [0.1, 0.15) is 5.75 Å². The number of nitrogens with one attached hydrogen (secondary N) is 1. The van der Waals surface area contributed by atoms with Crippen molar-refractivity contribution in [3.63, 3.8) is 0 Å². The predicted octanol–water partition coefficient (Wildman–Crippen LogP) is 2.42. The Balaban J connectivity index is 1.54. The van der Waals surface area contributed by atoms with Gasteiger partial charge in [-0.2, -0.15) is 0 Å². The van der Waals surface area contributed by atoms with Crippen molar-refractivity contribution in [1.82, 2.24) is 15.1 Å². The third kappa shape index (κ3) is 5.85. The number of methoxy groups -OCH3 is 1. The summed E-state index contributed by atoms with van der Waals surface area (Å²) in [5.41, 5.74) is 1.39. The minimum absolute atomic E-state index is 0.548. The van der Waals surface area contributed by atoms with E-state index in [1.54, 1.807) is 7.11 Å². The molecule has 2 heterocycles. The smallest absolute Gasteiger partial charge is 0.193 e. The van der Waals surface area contributed by atoms with Crippen molar-refractivity contribution in [2.24, 2.45) is 10.9 Å². The van der Waals surface area contributed by atoms with Gasteiger partial charge in [-0.1, -0.05) is 19.1 Å². The molecule has 2 aliphatic heterocycles. The predicted molar refractivity (Wildman–Crippen MR) is 114 cm³/mol. The van der Waals surface area contributed by atoms with Gasteiger partial charge in [0.15, 0.2) is 5.96 Å². The summed E-state index contributed by atoms with van der Waals surface area (Å²) in [6, 6.07) is 8.51. The molecule has 0 spiro atoms. The van der Waals surface area contributed by atoms with Gasteiger partial charge in [0.2, 0.25) is 0 Å². The topological polar surface area (TPSA) is 49.3 Å². The molecule has 28 heavy (non-hydrogen) atoms. The average molecular weight is 389 g/mol. The van der Waals surface area contributed by atoms with E-state index in [0.717, 1.165) is 70.7 Å². The summed E-state index contributed by atoms with van der Waals surface area (Å²) < 4.78 is 10.7. The van der Waals surface area contributed by atoms with Crippen LogP contribution in [0.25, 0.3) is 0 Å². The molecule has 0 saturated carbocycles. The van der Waals surface area contributed by atoms with Crippen molar-refractivity contribution >= 4 is 5.96 Å². The van der Waals surface area contributed by atoms with Gasteiger partial charge in [0, 0.05) is 51.7 Å². The lowest BCUT2D eigenvalue weighted by Gasteiger charge is -2.29. The number of rotatable bonds is 7. The number of hydrogen-bond acceptors (Lipinski definition) is 4. The number of ether oxygens (including phenoxy) is 2. The van der Waals surface area contributed by atoms with Gasteiger partial charge in [0.05, 0.1) is 20.3 Å². The van der Waals surface area contributed by atoms with E-state index in [4.69, 9.17) is 14.5 Å². The van der Waals surface area contributed by atoms with Crippen LogP contribution in [0.2, 0.25) is 0 Å². The Morgan fingerprint density at radius 1 is 1.25 bits per heavy atom. The number of likely N-dealkylation sites (tertiary alicyclic amines) is 1. The van der Waals surface area contributed by atoms with Gasteiger partial charge in [-0.3, -0.25) is 9.89 Å². The molecule has 1 aromatic carbocycles. The van der Waals surface area contributed by atoms with E-state index >= 15 is 0 Å². The van der Waals surface area contributed by atoms with E-state index in [2.05, 4.69) is 53.2 Å². The highest BCUT2D eigenvalue weighted by atomic mass is 16.5. The molecule has 156 valence electrons. The molecule has 2 atom stereocenters. The third-order valence-corrected chi connectivity index (χ3v) is 5.64. The standard InChI is InChI=1S/C22H36N4O2/c1-4-23-22(24-15-18(2)16-25-11-13-28-14-12-25)26-10-9-20(17-26)19-5-7-21(27-3)8-6-19/h5-8,18,20H,4,9-17H2,1-3H3,(H,23,24). The third-order valence-electron chi connectivity index (χ3n) is 5.64. The summed E-state index contributed by atoms with van der Waals surface area (Å²) >= 11 is 0. The Hall–Kier alpha value is -1.79. The van der Waals surface area contributed by atoms with Crippen LogP contribution in [0.15, 0.2) is 29.3 Å². The highest BCUT2D eigenvalue weighted by Gasteiger charge is 2.26. The minimum atomic E-state index is 0.548. The number of nitrogens with zero attached hydrogens (tertiary/aromatic N) is 3. The van der Waals surface area contributed by atoms with E-state index in [1.807, 2.05) is 0 Å². The summed E-state index contributed by atoms with van der Waals surface area (Å²) in [4.78, 5) is 9.88. The molecule has 6 heteroatoms. The quantitative estimate of drug-likeness (QED) is 0.574. The minimum Gasteiger partial charge on any atom is -0.497 e. The van der Waals surface area contributed by atoms with Crippen LogP contribution in [0, 0.1) is 5.92 Å². The maximum atomic E-state index is 5.45. The molecule has 0 aromatic heterocycles. The van der Waals surface area contributed by atoms with Gasteiger partial charge >= 0.3 is 0 Å². The Morgan fingerprint density at radius 2 is 2.00 bits per heavy atom. The average Bonchev–Trinajstić information content (AvgIpc) is 3.22. The first-order valence-electron chi connectivity index (χ1n) is 10.7. The Bertz CT molecular complexity index is 613. The fourth-order valence-electron chi connectivity index (χ4n) is 4.05. The van der Waals surface area contributed by atoms with Crippen LogP contribution in [0.5, 0.6) is 5.75 Å². The van der Waals surface area contributed by atoms with Crippen molar-refractivity contribution in [1.29, 1.82) is 0 Å². The zero-order valence-corrected chi connectivity index (χ0v) is 17.7. The molecule has 0 radical (unpaired) electrons. The molecule has 2 fully saturated rings. The number of benzene rings is 1. The highest BCUT2D eigenvalue weighted by molar-refractivity contribution is 5.80. The van der Waals surface area contributed by atoms with Gasteiger partial charge in [0.25, 0.3) is 0 Å². The van der Waals surface area contributed by atoms with E-state index in [-0.39, 0.29) is 0 Å². The lowest BCUT2D eigenvalue weighted by molar-refractivity contribution is 0.0323. The number of morpholine rings is 1. The van der Waals surface area contributed by atoms with Crippen LogP contribution in [-0.2, 0) is 4.74 Å². The van der Waals surface area contributed by atoms with E-state index in [1.165, 1.54) is 12.0 Å². The van der Waals surface area contributed by atoms with Crippen LogP contribution >= 0.6 is 0 Å². The summed E-state index contributed by atoms with van der Waals surface area (Å²) in [6.45, 7) is 13.2. The van der Waals surface area contributed by atoms with Crippen LogP contribution in [-0.4, -0.2) is 81.9 Å². The zero-order valence-electron chi connectivity index (χ0n) is 17.7. The van der Waals surface area contributed by atoms with Crippen molar-refractivity contribution in [2.75, 3.05) is 66.1 Å². The first-order chi connectivity index (χ1) is 13.7. The van der Waals surface area contributed by atoms with Gasteiger partial charge in [-0.05, 0) is 37.0 Å². The van der Waals surface area contributed by atoms with Crippen molar-refractivity contribution in [2.45, 2.75) is 26.2 Å². The maximum Gasteiger partial charge on any atom is 0.193 e. The summed E-state index contributed by atoms with van der Waals surface area (Å²) in [5, 5.41) is 3.50. The van der Waals surface area contributed by atoms with Gasteiger partial charge < -0.3 is 19.7 Å². The fraction of sp³-hybridized carbons (Fsp3) is 0.682. The fourth-order valence-corrected chi connectivity index (χ4v) is 4.05. The highest BCUT2D eigenvalue weighted by Crippen LogP contribution is 2.28. The second-order valence-electron chi connectivity index (χ2n) is 7.92. The molecular weight excluding hydrogens is 352 g/mol. The van der Waals surface area contributed by atoms with E-state index in [9.17, 15) is 0 Å². The molecule has 0 aliphatic carbocycles. The summed E-state index contributed by atoms with van der Waals surface area (Å²) in [5.74, 6) is 3.09. The molecule has 6 nitrogen and oxygen atoms in total. The van der Waals surface area contributed by atoms with Crippen LogP contribution in [0.4, 0.5) is 0 Å². The summed E-state index contributed by atoms with van der Waals surface area (Å²) in [7, 11) is 1.71. The van der Waals surface area contributed by atoms with Gasteiger partial charge in [-0.25, -0.2) is 0 Å². The largest absolute Gasteiger partial charge is 0.497 e.